The molecule has 0 aliphatic rings. The third-order valence-electron chi connectivity index (χ3n) is 3.44. The van der Waals surface area contributed by atoms with Crippen LogP contribution in [0.3, 0.4) is 0 Å². The molecule has 0 aliphatic heterocycles. The van der Waals surface area contributed by atoms with E-state index >= 15 is 0 Å². The fraction of sp³-hybridized carbons (Fsp3) is 0. The molecule has 0 fully saturated rings. The highest BCUT2D eigenvalue weighted by molar-refractivity contribution is 8.21. The maximum Gasteiger partial charge on any atom is 0.347 e. The van der Waals surface area contributed by atoms with Crippen molar-refractivity contribution in [1.82, 2.24) is 9.97 Å². The number of para-hydroxylation sites is 2. The van der Waals surface area contributed by atoms with Crippen molar-refractivity contribution < 1.29 is 4.42 Å². The summed E-state index contributed by atoms with van der Waals surface area (Å²) >= 11 is 0. The molecule has 22 heavy (non-hydrogen) atoms. The lowest BCUT2D eigenvalue weighted by Crippen LogP contribution is -2.03. The first kappa shape index (κ1) is 13.4. The smallest absolute Gasteiger partial charge is 0.347 e. The number of hydrogen-bond acceptors (Lipinski definition) is 4. The first-order valence-corrected chi connectivity index (χ1v) is 8.20. The SMILES string of the molecule is O=c1oc2ccc(SCl)cc2cc1-c1nc2ccccc2[nH]1. The molecule has 0 aliphatic carbocycles. The lowest BCUT2D eigenvalue weighted by atomic mass is 10.2. The Morgan fingerprint density at radius 1 is 1.14 bits per heavy atom. The number of rotatable bonds is 2. The van der Waals surface area contributed by atoms with E-state index in [9.17, 15) is 4.79 Å². The predicted octanol–water partition coefficient (Wildman–Crippen LogP) is 4.58. The van der Waals surface area contributed by atoms with Crippen LogP contribution in [-0.2, 0) is 0 Å². The Balaban J connectivity index is 1.96. The number of nitrogens with one attached hydrogen (secondary N) is 1. The molecule has 2 aromatic heterocycles. The monoisotopic (exact) mass is 328 g/mol. The van der Waals surface area contributed by atoms with Gasteiger partial charge >= 0.3 is 5.63 Å². The fourth-order valence-corrected chi connectivity index (χ4v) is 2.97. The summed E-state index contributed by atoms with van der Waals surface area (Å²) in [5, 5.41) is 0.806. The average molecular weight is 329 g/mol. The van der Waals surface area contributed by atoms with Gasteiger partial charge in [0, 0.05) is 10.3 Å². The molecule has 1 N–H and O–H groups in total. The van der Waals surface area contributed by atoms with Crippen LogP contribution < -0.4 is 5.63 Å². The molecule has 0 saturated heterocycles. The average Bonchev–Trinajstić information content (AvgIpc) is 2.97. The topological polar surface area (TPSA) is 58.9 Å². The van der Waals surface area contributed by atoms with Gasteiger partial charge in [0.15, 0.2) is 0 Å². The van der Waals surface area contributed by atoms with Gasteiger partial charge in [-0.25, -0.2) is 9.78 Å². The zero-order chi connectivity index (χ0) is 15.1. The van der Waals surface area contributed by atoms with Crippen molar-refractivity contribution in [3.05, 3.63) is 59.0 Å². The zero-order valence-electron chi connectivity index (χ0n) is 11.2. The maximum atomic E-state index is 12.2. The van der Waals surface area contributed by atoms with Crippen molar-refractivity contribution in [2.24, 2.45) is 0 Å². The second-order valence-electron chi connectivity index (χ2n) is 4.83. The van der Waals surface area contributed by atoms with E-state index < -0.39 is 5.63 Å². The number of H-pyrrole nitrogens is 1. The van der Waals surface area contributed by atoms with Gasteiger partial charge in [0.2, 0.25) is 0 Å². The molecule has 4 rings (SSSR count). The summed E-state index contributed by atoms with van der Waals surface area (Å²) < 4.78 is 5.37. The second kappa shape index (κ2) is 5.19. The minimum atomic E-state index is -0.419. The van der Waals surface area contributed by atoms with Gasteiger partial charge < -0.3 is 9.40 Å². The fourth-order valence-electron chi connectivity index (χ4n) is 2.39. The first-order chi connectivity index (χ1) is 10.7. The molecule has 0 saturated carbocycles. The van der Waals surface area contributed by atoms with E-state index in [-0.39, 0.29) is 0 Å². The molecule has 0 atom stereocenters. The van der Waals surface area contributed by atoms with Crippen molar-refractivity contribution in [3.63, 3.8) is 0 Å². The Hall–Kier alpha value is -2.24. The number of halogens is 1. The van der Waals surface area contributed by atoms with Crippen molar-refractivity contribution >= 4 is 43.7 Å². The van der Waals surface area contributed by atoms with Crippen LogP contribution in [-0.4, -0.2) is 9.97 Å². The van der Waals surface area contributed by atoms with Gasteiger partial charge in [0.05, 0.1) is 11.0 Å². The quantitative estimate of drug-likeness (QED) is 0.547. The lowest BCUT2D eigenvalue weighted by molar-refractivity contribution is 0.562. The third-order valence-corrected chi connectivity index (χ3v) is 4.40. The minimum absolute atomic E-state index is 0.403. The number of aromatic amines is 1. The Labute approximate surface area is 133 Å². The molecular weight excluding hydrogens is 320 g/mol. The molecule has 0 bridgehead atoms. The Morgan fingerprint density at radius 2 is 2.00 bits per heavy atom. The van der Waals surface area contributed by atoms with E-state index in [4.69, 9.17) is 15.1 Å². The molecular formula is C16H9ClN2O2S. The number of benzene rings is 2. The van der Waals surface area contributed by atoms with Crippen LogP contribution in [0.2, 0.25) is 0 Å². The first-order valence-electron chi connectivity index (χ1n) is 6.56. The van der Waals surface area contributed by atoms with Crippen LogP contribution >= 0.6 is 21.7 Å². The Kier molecular flexibility index (Phi) is 3.17. The molecule has 108 valence electrons. The number of imidazole rings is 1. The van der Waals surface area contributed by atoms with Crippen molar-refractivity contribution in [1.29, 1.82) is 0 Å². The summed E-state index contributed by atoms with van der Waals surface area (Å²) in [6.07, 6.45) is 0. The van der Waals surface area contributed by atoms with Crippen LogP contribution in [0.25, 0.3) is 33.4 Å². The van der Waals surface area contributed by atoms with E-state index in [1.807, 2.05) is 36.4 Å². The molecule has 0 amide bonds. The largest absolute Gasteiger partial charge is 0.422 e. The van der Waals surface area contributed by atoms with E-state index in [1.54, 1.807) is 12.1 Å². The molecule has 0 unspecified atom stereocenters. The van der Waals surface area contributed by atoms with E-state index in [1.165, 1.54) is 0 Å². The van der Waals surface area contributed by atoms with Gasteiger partial charge in [-0.3, -0.25) is 0 Å². The van der Waals surface area contributed by atoms with Gasteiger partial charge in [-0.1, -0.05) is 12.1 Å². The summed E-state index contributed by atoms with van der Waals surface area (Å²) in [5.74, 6) is 0.501. The van der Waals surface area contributed by atoms with Gasteiger partial charge in [-0.2, -0.15) is 0 Å². The number of hydrogen-bond donors (Lipinski definition) is 1. The number of fused-ring (bicyclic) bond motifs is 2. The van der Waals surface area contributed by atoms with Crippen LogP contribution in [0.15, 0.2) is 62.6 Å². The Morgan fingerprint density at radius 3 is 2.82 bits per heavy atom. The third kappa shape index (κ3) is 2.19. The van der Waals surface area contributed by atoms with Crippen LogP contribution in [0.1, 0.15) is 0 Å². The van der Waals surface area contributed by atoms with Crippen molar-refractivity contribution in [2.75, 3.05) is 0 Å². The highest BCUT2D eigenvalue weighted by Gasteiger charge is 2.12. The molecule has 6 heteroatoms. The number of nitrogens with zero attached hydrogens (tertiary/aromatic N) is 1. The zero-order valence-corrected chi connectivity index (χ0v) is 12.7. The normalized spacial score (nSPS) is 11.3. The highest BCUT2D eigenvalue weighted by atomic mass is 35.7. The molecule has 2 aromatic carbocycles. The van der Waals surface area contributed by atoms with Crippen molar-refractivity contribution in [3.8, 4) is 11.4 Å². The molecule has 2 heterocycles. The minimum Gasteiger partial charge on any atom is -0.422 e. The maximum absolute atomic E-state index is 12.2. The van der Waals surface area contributed by atoms with Crippen LogP contribution in [0.5, 0.6) is 0 Å². The standard InChI is InChI=1S/C16H9ClN2O2S/c17-22-10-5-6-14-9(7-10)8-11(16(20)21-14)15-18-12-3-1-2-4-13(12)19-15/h1-8H,(H,18,19). The van der Waals surface area contributed by atoms with Gasteiger partial charge in [0.25, 0.3) is 0 Å². The van der Waals surface area contributed by atoms with Crippen molar-refractivity contribution in [2.45, 2.75) is 4.90 Å². The number of aromatic nitrogens is 2. The second-order valence-corrected chi connectivity index (χ2v) is 5.92. The lowest BCUT2D eigenvalue weighted by Gasteiger charge is -2.01. The summed E-state index contributed by atoms with van der Waals surface area (Å²) in [7, 11) is 6.90. The molecule has 0 radical (unpaired) electrons. The van der Waals surface area contributed by atoms with Gasteiger partial charge in [-0.15, -0.1) is 0 Å². The van der Waals surface area contributed by atoms with E-state index in [0.29, 0.717) is 17.0 Å². The van der Waals surface area contributed by atoms with Gasteiger partial charge in [-0.05, 0) is 58.1 Å². The Bertz CT molecular complexity index is 1020. The van der Waals surface area contributed by atoms with E-state index in [0.717, 1.165) is 32.3 Å². The highest BCUT2D eigenvalue weighted by Crippen LogP contribution is 2.27. The molecule has 4 nitrogen and oxygen atoms in total. The molecule has 4 aromatic rings. The van der Waals surface area contributed by atoms with Crippen LogP contribution in [0, 0.1) is 0 Å². The summed E-state index contributed by atoms with van der Waals surface area (Å²) in [6, 6.07) is 14.8. The summed E-state index contributed by atoms with van der Waals surface area (Å²) in [6.45, 7) is 0. The molecule has 0 spiro atoms. The predicted molar refractivity (Wildman–Crippen MR) is 89.3 cm³/mol. The van der Waals surface area contributed by atoms with Gasteiger partial charge in [0.1, 0.15) is 17.0 Å². The summed E-state index contributed by atoms with van der Waals surface area (Å²) in [5.41, 5.74) is 2.20. The van der Waals surface area contributed by atoms with Crippen LogP contribution in [0.4, 0.5) is 0 Å². The summed E-state index contributed by atoms with van der Waals surface area (Å²) in [4.78, 5) is 20.7. The van der Waals surface area contributed by atoms with E-state index in [2.05, 4.69) is 9.97 Å².